The number of esters is 2. The van der Waals surface area contributed by atoms with Crippen LogP contribution in [0.2, 0.25) is 0 Å². The van der Waals surface area contributed by atoms with Gasteiger partial charge >= 0.3 is 11.9 Å². The van der Waals surface area contributed by atoms with Gasteiger partial charge in [-0.2, -0.15) is 0 Å². The zero-order valence-corrected chi connectivity index (χ0v) is 17.1. The van der Waals surface area contributed by atoms with Crippen LogP contribution in [0.15, 0.2) is 30.3 Å². The van der Waals surface area contributed by atoms with Crippen molar-refractivity contribution in [2.24, 2.45) is 5.92 Å². The quantitative estimate of drug-likeness (QED) is 0.482. The van der Waals surface area contributed by atoms with E-state index in [9.17, 15) is 9.59 Å². The van der Waals surface area contributed by atoms with Crippen LogP contribution in [0.5, 0.6) is 17.2 Å². The largest absolute Gasteiger partial charge is 0.493 e. The van der Waals surface area contributed by atoms with Crippen LogP contribution >= 0.6 is 0 Å². The van der Waals surface area contributed by atoms with Gasteiger partial charge in [0.2, 0.25) is 5.75 Å². The molecule has 0 saturated heterocycles. The highest BCUT2D eigenvalue weighted by atomic mass is 16.6. The number of methoxy groups -OCH3 is 2. The van der Waals surface area contributed by atoms with Crippen LogP contribution in [0.4, 0.5) is 0 Å². The van der Waals surface area contributed by atoms with Gasteiger partial charge in [0.1, 0.15) is 19.8 Å². The Morgan fingerprint density at radius 1 is 1.00 bits per heavy atom. The molecule has 1 heterocycles. The highest BCUT2D eigenvalue weighted by Gasteiger charge is 2.28. The van der Waals surface area contributed by atoms with Gasteiger partial charge in [-0.1, -0.05) is 18.6 Å². The second-order valence-electron chi connectivity index (χ2n) is 7.23. The average Bonchev–Trinajstić information content (AvgIpc) is 3.10. The number of ether oxygens (including phenoxy) is 5. The third kappa shape index (κ3) is 3.67. The number of carbonyl (C=O) groups excluding carboxylic acids is 2. The van der Waals surface area contributed by atoms with Crippen molar-refractivity contribution < 1.29 is 33.3 Å². The van der Waals surface area contributed by atoms with Gasteiger partial charge in [0.15, 0.2) is 11.5 Å². The van der Waals surface area contributed by atoms with Crippen molar-refractivity contribution in [2.75, 3.05) is 27.4 Å². The maximum Gasteiger partial charge on any atom is 0.338 e. The highest BCUT2D eigenvalue weighted by molar-refractivity contribution is 5.96. The van der Waals surface area contributed by atoms with E-state index in [2.05, 4.69) is 0 Å². The summed E-state index contributed by atoms with van der Waals surface area (Å²) in [5.74, 6) is 0.934. The van der Waals surface area contributed by atoms with Gasteiger partial charge < -0.3 is 23.7 Å². The molecular formula is C23H24O7. The molecule has 7 heteroatoms. The van der Waals surface area contributed by atoms with Gasteiger partial charge in [-0.3, -0.25) is 4.79 Å². The lowest BCUT2D eigenvalue weighted by Gasteiger charge is -2.23. The first-order valence-electron chi connectivity index (χ1n) is 9.97. The summed E-state index contributed by atoms with van der Waals surface area (Å²) in [5.41, 5.74) is 2.91. The van der Waals surface area contributed by atoms with Crippen molar-refractivity contribution in [3.8, 4) is 28.4 Å². The Bertz CT molecular complexity index is 962. The average molecular weight is 412 g/mol. The molecule has 1 fully saturated rings. The fraction of sp³-hybridized carbons (Fsp3) is 0.391. The molecule has 2 aromatic carbocycles. The second-order valence-corrected chi connectivity index (χ2v) is 7.23. The molecule has 0 amide bonds. The topological polar surface area (TPSA) is 80.3 Å². The third-order valence-corrected chi connectivity index (χ3v) is 5.55. The SMILES string of the molecule is COc1ccc(-c2cccc3c2COC3=O)c(OCCOC(=O)C2CCC2)c1OC. The Hall–Kier alpha value is -3.22. The molecule has 0 aromatic heterocycles. The Kier molecular flexibility index (Phi) is 5.79. The van der Waals surface area contributed by atoms with Crippen molar-refractivity contribution in [3.63, 3.8) is 0 Å². The van der Waals surface area contributed by atoms with Crippen LogP contribution in [-0.2, 0) is 20.9 Å². The molecule has 1 aliphatic heterocycles. The lowest BCUT2D eigenvalue weighted by atomic mass is 9.86. The number of carbonyl (C=O) groups is 2. The predicted molar refractivity (Wildman–Crippen MR) is 108 cm³/mol. The molecule has 0 bridgehead atoms. The molecule has 4 rings (SSSR count). The van der Waals surface area contributed by atoms with Gasteiger partial charge in [-0.25, -0.2) is 4.79 Å². The molecule has 0 radical (unpaired) electrons. The lowest BCUT2D eigenvalue weighted by molar-refractivity contribution is -0.152. The highest BCUT2D eigenvalue weighted by Crippen LogP contribution is 2.46. The molecule has 0 N–H and O–H groups in total. The monoisotopic (exact) mass is 412 g/mol. The number of fused-ring (bicyclic) bond motifs is 1. The predicted octanol–water partition coefficient (Wildman–Crippen LogP) is 3.76. The molecule has 158 valence electrons. The fourth-order valence-corrected chi connectivity index (χ4v) is 3.70. The summed E-state index contributed by atoms with van der Waals surface area (Å²) in [6.45, 7) is 0.514. The molecule has 1 saturated carbocycles. The summed E-state index contributed by atoms with van der Waals surface area (Å²) < 4.78 is 27.5. The van der Waals surface area contributed by atoms with E-state index in [4.69, 9.17) is 23.7 Å². The van der Waals surface area contributed by atoms with Crippen LogP contribution in [0, 0.1) is 5.92 Å². The fourth-order valence-electron chi connectivity index (χ4n) is 3.70. The summed E-state index contributed by atoms with van der Waals surface area (Å²) >= 11 is 0. The number of rotatable bonds is 8. The van der Waals surface area contributed by atoms with Crippen LogP contribution in [-0.4, -0.2) is 39.4 Å². The van der Waals surface area contributed by atoms with E-state index in [1.165, 1.54) is 7.11 Å². The molecule has 0 spiro atoms. The van der Waals surface area contributed by atoms with Crippen molar-refractivity contribution in [3.05, 3.63) is 41.5 Å². The third-order valence-electron chi connectivity index (χ3n) is 5.55. The van der Waals surface area contributed by atoms with Gasteiger partial charge in [0.05, 0.1) is 25.7 Å². The standard InChI is InChI=1S/C23H24O7/c1-26-19-10-9-16(15-7-4-8-17-18(15)13-30-23(17)25)20(21(19)27-2)28-11-12-29-22(24)14-5-3-6-14/h4,7-10,14H,3,5-6,11-13H2,1-2H3. The van der Waals surface area contributed by atoms with Crippen molar-refractivity contribution in [1.82, 2.24) is 0 Å². The molecule has 1 aliphatic carbocycles. The number of hydrogen-bond donors (Lipinski definition) is 0. The Balaban J connectivity index is 1.61. The van der Waals surface area contributed by atoms with Crippen LogP contribution in [0.3, 0.4) is 0 Å². The van der Waals surface area contributed by atoms with E-state index in [0.717, 1.165) is 36.0 Å². The summed E-state index contributed by atoms with van der Waals surface area (Å²) in [6, 6.07) is 9.10. The van der Waals surface area contributed by atoms with Gasteiger partial charge in [0.25, 0.3) is 0 Å². The van der Waals surface area contributed by atoms with E-state index in [-0.39, 0.29) is 37.7 Å². The van der Waals surface area contributed by atoms with Crippen LogP contribution in [0.25, 0.3) is 11.1 Å². The summed E-state index contributed by atoms with van der Waals surface area (Å²) in [5, 5.41) is 0. The molecule has 0 atom stereocenters. The van der Waals surface area contributed by atoms with E-state index < -0.39 is 0 Å². The summed E-state index contributed by atoms with van der Waals surface area (Å²) in [7, 11) is 3.08. The zero-order valence-electron chi connectivity index (χ0n) is 17.1. The van der Waals surface area contributed by atoms with E-state index in [0.29, 0.717) is 22.8 Å². The lowest BCUT2D eigenvalue weighted by Crippen LogP contribution is -2.25. The zero-order chi connectivity index (χ0) is 21.1. The molecule has 7 nitrogen and oxygen atoms in total. The molecule has 2 aromatic rings. The summed E-state index contributed by atoms with van der Waals surface area (Å²) in [4.78, 5) is 23.9. The van der Waals surface area contributed by atoms with Crippen molar-refractivity contribution >= 4 is 11.9 Å². The first kappa shape index (κ1) is 20.1. The van der Waals surface area contributed by atoms with E-state index >= 15 is 0 Å². The first-order chi connectivity index (χ1) is 14.6. The normalized spacial score (nSPS) is 15.1. The van der Waals surface area contributed by atoms with Crippen molar-refractivity contribution in [2.45, 2.75) is 25.9 Å². The second kappa shape index (κ2) is 8.65. The Morgan fingerprint density at radius 2 is 1.80 bits per heavy atom. The first-order valence-corrected chi connectivity index (χ1v) is 9.97. The maximum atomic E-state index is 12.0. The number of benzene rings is 2. The van der Waals surface area contributed by atoms with Crippen LogP contribution < -0.4 is 14.2 Å². The molecule has 0 unspecified atom stereocenters. The minimum Gasteiger partial charge on any atom is -0.493 e. The molecular weight excluding hydrogens is 388 g/mol. The smallest absolute Gasteiger partial charge is 0.338 e. The molecule has 2 aliphatic rings. The van der Waals surface area contributed by atoms with E-state index in [1.807, 2.05) is 18.2 Å². The van der Waals surface area contributed by atoms with Crippen molar-refractivity contribution in [1.29, 1.82) is 0 Å². The number of cyclic esters (lactones) is 1. The van der Waals surface area contributed by atoms with Crippen LogP contribution in [0.1, 0.15) is 35.2 Å². The van der Waals surface area contributed by atoms with Gasteiger partial charge in [-0.15, -0.1) is 0 Å². The number of hydrogen-bond acceptors (Lipinski definition) is 7. The Morgan fingerprint density at radius 3 is 2.50 bits per heavy atom. The molecule has 30 heavy (non-hydrogen) atoms. The van der Waals surface area contributed by atoms with Gasteiger partial charge in [-0.05, 0) is 36.6 Å². The van der Waals surface area contributed by atoms with Gasteiger partial charge in [0, 0.05) is 11.1 Å². The van der Waals surface area contributed by atoms with E-state index in [1.54, 1.807) is 19.2 Å². The minimum absolute atomic E-state index is 0.0244. The maximum absolute atomic E-state index is 12.0. The minimum atomic E-state index is -0.335. The summed E-state index contributed by atoms with van der Waals surface area (Å²) in [6.07, 6.45) is 2.87. The Labute approximate surface area is 174 Å².